The predicted molar refractivity (Wildman–Crippen MR) is 85.8 cm³/mol. The largest absolute Gasteiger partial charge is 0.332 e. The van der Waals surface area contributed by atoms with E-state index in [2.05, 4.69) is 20.6 Å². The number of carbonyl (C=O) groups is 1. The summed E-state index contributed by atoms with van der Waals surface area (Å²) in [5.74, 6) is -0.0988. The van der Waals surface area contributed by atoms with Gasteiger partial charge in [0, 0.05) is 12.7 Å². The zero-order valence-corrected chi connectivity index (χ0v) is 13.4. The molecule has 0 atom stereocenters. The molecule has 1 amide bonds. The molecule has 0 unspecified atom stereocenters. The van der Waals surface area contributed by atoms with E-state index >= 15 is 0 Å². The van der Waals surface area contributed by atoms with Gasteiger partial charge in [0.2, 0.25) is 0 Å². The fraction of sp³-hybridized carbons (Fsp3) is 0.500. The molecular weight excluding hydrogens is 292 g/mol. The standard InChI is InChI=1S/C16H22N6O/c1-2-21(11-13-5-3-4-8-18-13)16(23)15-12-22(20-19-15)14-6-9-17-10-7-14/h3-5,8,12,14,17H,2,6-7,9-11H2,1H3. The van der Waals surface area contributed by atoms with Gasteiger partial charge in [-0.25, -0.2) is 4.68 Å². The molecule has 3 rings (SSSR count). The minimum absolute atomic E-state index is 0.0988. The Morgan fingerprint density at radius 2 is 2.22 bits per heavy atom. The van der Waals surface area contributed by atoms with Gasteiger partial charge in [0.25, 0.3) is 5.91 Å². The Bertz CT molecular complexity index is 635. The maximum absolute atomic E-state index is 12.6. The number of piperidine rings is 1. The van der Waals surface area contributed by atoms with E-state index in [0.29, 0.717) is 24.8 Å². The van der Waals surface area contributed by atoms with Gasteiger partial charge in [-0.15, -0.1) is 5.10 Å². The third-order valence-corrected chi connectivity index (χ3v) is 4.16. The van der Waals surface area contributed by atoms with Gasteiger partial charge in [0.15, 0.2) is 5.69 Å². The Kier molecular flexibility index (Phi) is 4.97. The van der Waals surface area contributed by atoms with Crippen molar-refractivity contribution in [3.05, 3.63) is 42.0 Å². The van der Waals surface area contributed by atoms with E-state index in [1.165, 1.54) is 0 Å². The molecule has 23 heavy (non-hydrogen) atoms. The fourth-order valence-corrected chi connectivity index (χ4v) is 2.80. The Morgan fingerprint density at radius 3 is 2.91 bits per heavy atom. The molecule has 2 aromatic rings. The molecule has 0 saturated carbocycles. The van der Waals surface area contributed by atoms with Crippen LogP contribution in [0.3, 0.4) is 0 Å². The summed E-state index contributed by atoms with van der Waals surface area (Å²) in [6.07, 6.45) is 5.55. The number of pyridine rings is 1. The Morgan fingerprint density at radius 1 is 1.39 bits per heavy atom. The summed E-state index contributed by atoms with van der Waals surface area (Å²) in [5.41, 5.74) is 1.27. The van der Waals surface area contributed by atoms with E-state index in [4.69, 9.17) is 0 Å². The summed E-state index contributed by atoms with van der Waals surface area (Å²) >= 11 is 0. The van der Waals surface area contributed by atoms with Crippen LogP contribution in [0.25, 0.3) is 0 Å². The summed E-state index contributed by atoms with van der Waals surface area (Å²) in [7, 11) is 0. The third-order valence-electron chi connectivity index (χ3n) is 4.16. The zero-order chi connectivity index (χ0) is 16.1. The van der Waals surface area contributed by atoms with E-state index < -0.39 is 0 Å². The van der Waals surface area contributed by atoms with Crippen molar-refractivity contribution in [2.24, 2.45) is 0 Å². The first kappa shape index (κ1) is 15.6. The van der Waals surface area contributed by atoms with Crippen molar-refractivity contribution < 1.29 is 4.79 Å². The second-order valence-electron chi connectivity index (χ2n) is 5.71. The molecule has 1 fully saturated rings. The highest BCUT2D eigenvalue weighted by molar-refractivity contribution is 5.91. The number of aromatic nitrogens is 4. The zero-order valence-electron chi connectivity index (χ0n) is 13.4. The Hall–Kier alpha value is -2.28. The molecule has 2 aromatic heterocycles. The van der Waals surface area contributed by atoms with Gasteiger partial charge < -0.3 is 10.2 Å². The lowest BCUT2D eigenvalue weighted by atomic mass is 10.1. The van der Waals surface area contributed by atoms with Crippen LogP contribution in [0.2, 0.25) is 0 Å². The molecule has 3 heterocycles. The molecule has 0 spiro atoms. The van der Waals surface area contributed by atoms with Crippen molar-refractivity contribution in [1.82, 2.24) is 30.2 Å². The number of hydrogen-bond donors (Lipinski definition) is 1. The first-order chi connectivity index (χ1) is 11.3. The highest BCUT2D eigenvalue weighted by Crippen LogP contribution is 2.17. The molecule has 1 N–H and O–H groups in total. The lowest BCUT2D eigenvalue weighted by Crippen LogP contribution is -2.31. The number of nitrogens with zero attached hydrogens (tertiary/aromatic N) is 5. The molecule has 1 aliphatic rings. The van der Waals surface area contributed by atoms with Gasteiger partial charge >= 0.3 is 0 Å². The average molecular weight is 314 g/mol. The van der Waals surface area contributed by atoms with Crippen LogP contribution in [-0.4, -0.2) is 50.4 Å². The minimum atomic E-state index is -0.0988. The Balaban J connectivity index is 1.69. The summed E-state index contributed by atoms with van der Waals surface area (Å²) in [6, 6.07) is 6.04. The fourth-order valence-electron chi connectivity index (χ4n) is 2.80. The number of rotatable bonds is 5. The monoisotopic (exact) mass is 314 g/mol. The van der Waals surface area contributed by atoms with Gasteiger partial charge in [-0.1, -0.05) is 11.3 Å². The van der Waals surface area contributed by atoms with E-state index in [-0.39, 0.29) is 5.91 Å². The molecule has 0 radical (unpaired) electrons. The highest BCUT2D eigenvalue weighted by Gasteiger charge is 2.21. The SMILES string of the molecule is CCN(Cc1ccccn1)C(=O)c1cn(C2CCNCC2)nn1. The summed E-state index contributed by atoms with van der Waals surface area (Å²) in [5, 5.41) is 11.6. The third kappa shape index (κ3) is 3.73. The highest BCUT2D eigenvalue weighted by atomic mass is 16.2. The van der Waals surface area contributed by atoms with Crippen molar-refractivity contribution in [3.8, 4) is 0 Å². The first-order valence-corrected chi connectivity index (χ1v) is 8.09. The maximum Gasteiger partial charge on any atom is 0.276 e. The molecule has 7 nitrogen and oxygen atoms in total. The van der Waals surface area contributed by atoms with Crippen LogP contribution in [0.1, 0.15) is 42.0 Å². The first-order valence-electron chi connectivity index (χ1n) is 8.09. The molecular formula is C16H22N6O. The molecule has 7 heteroatoms. The van der Waals surface area contributed by atoms with Gasteiger partial charge in [-0.3, -0.25) is 9.78 Å². The van der Waals surface area contributed by atoms with Crippen LogP contribution in [0.15, 0.2) is 30.6 Å². The van der Waals surface area contributed by atoms with Crippen molar-refractivity contribution in [2.75, 3.05) is 19.6 Å². The quantitative estimate of drug-likeness (QED) is 0.899. The summed E-state index contributed by atoms with van der Waals surface area (Å²) in [6.45, 7) is 5.01. The lowest BCUT2D eigenvalue weighted by Gasteiger charge is -2.22. The molecule has 0 bridgehead atoms. The van der Waals surface area contributed by atoms with E-state index in [9.17, 15) is 4.79 Å². The van der Waals surface area contributed by atoms with Crippen LogP contribution >= 0.6 is 0 Å². The van der Waals surface area contributed by atoms with Crippen molar-refractivity contribution >= 4 is 5.91 Å². The number of hydrogen-bond acceptors (Lipinski definition) is 5. The van der Waals surface area contributed by atoms with Crippen LogP contribution < -0.4 is 5.32 Å². The smallest absolute Gasteiger partial charge is 0.276 e. The second kappa shape index (κ2) is 7.32. The molecule has 0 aromatic carbocycles. The van der Waals surface area contributed by atoms with Gasteiger partial charge in [0.05, 0.1) is 24.5 Å². The maximum atomic E-state index is 12.6. The van der Waals surface area contributed by atoms with Gasteiger partial charge in [-0.05, 0) is 45.0 Å². The molecule has 1 aliphatic heterocycles. The number of nitrogens with one attached hydrogen (secondary N) is 1. The lowest BCUT2D eigenvalue weighted by molar-refractivity contribution is 0.0744. The predicted octanol–water partition coefficient (Wildman–Crippen LogP) is 1.26. The normalized spacial score (nSPS) is 15.5. The van der Waals surface area contributed by atoms with E-state index in [0.717, 1.165) is 31.6 Å². The van der Waals surface area contributed by atoms with Crippen LogP contribution in [0, 0.1) is 0 Å². The molecule has 1 saturated heterocycles. The van der Waals surface area contributed by atoms with Crippen molar-refractivity contribution in [2.45, 2.75) is 32.4 Å². The summed E-state index contributed by atoms with van der Waals surface area (Å²) < 4.78 is 1.84. The topological polar surface area (TPSA) is 75.9 Å². The molecule has 0 aliphatic carbocycles. The average Bonchev–Trinajstić information content (AvgIpc) is 3.11. The minimum Gasteiger partial charge on any atom is -0.332 e. The van der Waals surface area contributed by atoms with Gasteiger partial charge in [0.1, 0.15) is 0 Å². The summed E-state index contributed by atoms with van der Waals surface area (Å²) in [4.78, 5) is 18.7. The Labute approximate surface area is 135 Å². The van der Waals surface area contributed by atoms with Crippen molar-refractivity contribution in [1.29, 1.82) is 0 Å². The van der Waals surface area contributed by atoms with Gasteiger partial charge in [-0.2, -0.15) is 0 Å². The second-order valence-corrected chi connectivity index (χ2v) is 5.71. The van der Waals surface area contributed by atoms with E-state index in [1.807, 2.05) is 29.8 Å². The number of amides is 1. The van der Waals surface area contributed by atoms with Crippen LogP contribution in [-0.2, 0) is 6.54 Å². The molecule has 122 valence electrons. The van der Waals surface area contributed by atoms with Crippen LogP contribution in [0.5, 0.6) is 0 Å². The van der Waals surface area contributed by atoms with Crippen molar-refractivity contribution in [3.63, 3.8) is 0 Å². The van der Waals surface area contributed by atoms with Crippen LogP contribution in [0.4, 0.5) is 0 Å². The van der Waals surface area contributed by atoms with E-state index in [1.54, 1.807) is 17.3 Å². The number of carbonyl (C=O) groups excluding carboxylic acids is 1.